The number of amides is 1. The summed E-state index contributed by atoms with van der Waals surface area (Å²) in [6.45, 7) is 2.87. The lowest BCUT2D eigenvalue weighted by atomic mass is 10.3. The smallest absolute Gasteiger partial charge is 0.275 e. The molecule has 0 saturated carbocycles. The monoisotopic (exact) mass is 382 g/mol. The number of nitrogens with one attached hydrogen (secondary N) is 2. The number of halogens is 1. The molecule has 0 aliphatic carbocycles. The first-order valence-corrected chi connectivity index (χ1v) is 7.39. The number of hydrogen-bond acceptors (Lipinski definition) is 4. The molecule has 2 aromatic rings. The Hall–Kier alpha value is -1.70. The van der Waals surface area contributed by atoms with Crippen molar-refractivity contribution in [1.29, 1.82) is 0 Å². The van der Waals surface area contributed by atoms with Crippen molar-refractivity contribution in [2.75, 3.05) is 17.2 Å². The Balaban J connectivity index is 2.09. The summed E-state index contributed by atoms with van der Waals surface area (Å²) in [5.41, 5.74) is 1.04. The number of anilines is 2. The van der Waals surface area contributed by atoms with E-state index in [-0.39, 0.29) is 5.91 Å². The maximum atomic E-state index is 12.1. The van der Waals surface area contributed by atoms with E-state index in [0.717, 1.165) is 22.2 Å². The fourth-order valence-electron chi connectivity index (χ4n) is 1.57. The molecule has 0 unspecified atom stereocenters. The topological polar surface area (TPSA) is 66.9 Å². The molecule has 0 bridgehead atoms. The Labute approximate surface area is 131 Å². The zero-order valence-electron chi connectivity index (χ0n) is 11.1. The van der Waals surface area contributed by atoms with Crippen LogP contribution in [0, 0.1) is 3.57 Å². The van der Waals surface area contributed by atoms with Crippen molar-refractivity contribution in [3.8, 4) is 0 Å². The molecule has 1 heterocycles. The van der Waals surface area contributed by atoms with Crippen molar-refractivity contribution in [3.63, 3.8) is 0 Å². The lowest BCUT2D eigenvalue weighted by Crippen LogP contribution is -2.15. The molecule has 0 radical (unpaired) electrons. The number of carbonyl (C=O) groups is 1. The largest absolute Gasteiger partial charge is 0.369 e. The molecule has 104 valence electrons. The summed E-state index contributed by atoms with van der Waals surface area (Å²) >= 11 is 2.20. The highest BCUT2D eigenvalue weighted by Gasteiger charge is 2.09. The van der Waals surface area contributed by atoms with Crippen LogP contribution in [0.5, 0.6) is 0 Å². The number of carbonyl (C=O) groups excluding carboxylic acids is 1. The van der Waals surface area contributed by atoms with Crippen LogP contribution in [-0.2, 0) is 0 Å². The minimum absolute atomic E-state index is 0.264. The second-order valence-corrected chi connectivity index (χ2v) is 5.43. The summed E-state index contributed by atoms with van der Waals surface area (Å²) in [7, 11) is 0. The summed E-state index contributed by atoms with van der Waals surface area (Å²) in [5, 5.41) is 5.92. The van der Waals surface area contributed by atoms with Crippen molar-refractivity contribution in [3.05, 3.63) is 45.9 Å². The average molecular weight is 382 g/mol. The van der Waals surface area contributed by atoms with Gasteiger partial charge in [-0.1, -0.05) is 13.0 Å². The lowest BCUT2D eigenvalue weighted by Gasteiger charge is -2.07. The van der Waals surface area contributed by atoms with Gasteiger partial charge in [0.15, 0.2) is 0 Å². The molecule has 20 heavy (non-hydrogen) atoms. The third-order valence-electron chi connectivity index (χ3n) is 2.51. The van der Waals surface area contributed by atoms with Gasteiger partial charge in [0, 0.05) is 15.8 Å². The zero-order valence-corrected chi connectivity index (χ0v) is 13.2. The van der Waals surface area contributed by atoms with Crippen LogP contribution < -0.4 is 10.6 Å². The Morgan fingerprint density at radius 1 is 1.35 bits per heavy atom. The highest BCUT2D eigenvalue weighted by atomic mass is 127. The Morgan fingerprint density at radius 2 is 2.20 bits per heavy atom. The molecular formula is C14H15IN4O. The van der Waals surface area contributed by atoms with Crippen LogP contribution in [-0.4, -0.2) is 22.4 Å². The predicted molar refractivity (Wildman–Crippen MR) is 87.9 cm³/mol. The van der Waals surface area contributed by atoms with Gasteiger partial charge in [-0.25, -0.2) is 4.98 Å². The molecular weight excluding hydrogens is 367 g/mol. The van der Waals surface area contributed by atoms with E-state index in [0.29, 0.717) is 11.5 Å². The van der Waals surface area contributed by atoms with Gasteiger partial charge in [-0.2, -0.15) is 0 Å². The lowest BCUT2D eigenvalue weighted by molar-refractivity contribution is 0.102. The van der Waals surface area contributed by atoms with Crippen LogP contribution in [0.15, 0.2) is 36.7 Å². The summed E-state index contributed by atoms with van der Waals surface area (Å²) in [6.07, 6.45) is 4.05. The van der Waals surface area contributed by atoms with Gasteiger partial charge in [-0.05, 0) is 47.2 Å². The highest BCUT2D eigenvalue weighted by molar-refractivity contribution is 14.1. The first-order valence-electron chi connectivity index (χ1n) is 6.32. The first kappa shape index (κ1) is 14.7. The van der Waals surface area contributed by atoms with E-state index < -0.39 is 0 Å². The molecule has 0 aliphatic rings. The molecule has 0 fully saturated rings. The van der Waals surface area contributed by atoms with E-state index in [1.165, 1.54) is 6.20 Å². The molecule has 1 aromatic carbocycles. The van der Waals surface area contributed by atoms with Crippen molar-refractivity contribution < 1.29 is 4.79 Å². The minimum atomic E-state index is -0.264. The maximum Gasteiger partial charge on any atom is 0.275 e. The molecule has 1 amide bonds. The molecule has 2 N–H and O–H groups in total. The van der Waals surface area contributed by atoms with Gasteiger partial charge >= 0.3 is 0 Å². The molecule has 0 atom stereocenters. The number of nitrogens with zero attached hydrogens (tertiary/aromatic N) is 2. The number of hydrogen-bond donors (Lipinski definition) is 2. The van der Waals surface area contributed by atoms with Crippen molar-refractivity contribution >= 4 is 40.0 Å². The van der Waals surface area contributed by atoms with Gasteiger partial charge in [0.2, 0.25) is 0 Å². The van der Waals surface area contributed by atoms with Gasteiger partial charge in [-0.3, -0.25) is 9.78 Å². The highest BCUT2D eigenvalue weighted by Crippen LogP contribution is 2.13. The van der Waals surface area contributed by atoms with E-state index >= 15 is 0 Å². The van der Waals surface area contributed by atoms with Crippen LogP contribution in [0.25, 0.3) is 0 Å². The molecule has 2 rings (SSSR count). The van der Waals surface area contributed by atoms with Crippen molar-refractivity contribution in [2.45, 2.75) is 13.3 Å². The van der Waals surface area contributed by atoms with Crippen LogP contribution in [0.1, 0.15) is 23.8 Å². The molecule has 6 heteroatoms. The second kappa shape index (κ2) is 7.18. The molecule has 0 aliphatic heterocycles. The molecule has 0 spiro atoms. The Kier molecular flexibility index (Phi) is 5.28. The van der Waals surface area contributed by atoms with Crippen LogP contribution in [0.4, 0.5) is 11.5 Å². The van der Waals surface area contributed by atoms with E-state index in [4.69, 9.17) is 0 Å². The van der Waals surface area contributed by atoms with Crippen LogP contribution in [0.2, 0.25) is 0 Å². The Bertz CT molecular complexity index is 603. The van der Waals surface area contributed by atoms with Gasteiger partial charge in [0.05, 0.1) is 12.4 Å². The van der Waals surface area contributed by atoms with E-state index in [1.54, 1.807) is 6.20 Å². The third kappa shape index (κ3) is 4.16. The quantitative estimate of drug-likeness (QED) is 0.780. The second-order valence-electron chi connectivity index (χ2n) is 4.18. The molecule has 5 nitrogen and oxygen atoms in total. The van der Waals surface area contributed by atoms with Gasteiger partial charge in [0.25, 0.3) is 5.91 Å². The van der Waals surface area contributed by atoms with Gasteiger partial charge in [-0.15, -0.1) is 0 Å². The SMILES string of the molecule is CCCNc1cncc(C(=O)Nc2cccc(I)c2)n1. The van der Waals surface area contributed by atoms with E-state index in [1.807, 2.05) is 24.3 Å². The van der Waals surface area contributed by atoms with Crippen molar-refractivity contribution in [1.82, 2.24) is 9.97 Å². The van der Waals surface area contributed by atoms with E-state index in [2.05, 4.69) is 50.1 Å². The number of rotatable bonds is 5. The Morgan fingerprint density at radius 3 is 2.95 bits per heavy atom. The van der Waals surface area contributed by atoms with Crippen LogP contribution in [0.3, 0.4) is 0 Å². The van der Waals surface area contributed by atoms with Gasteiger partial charge in [0.1, 0.15) is 11.5 Å². The van der Waals surface area contributed by atoms with Crippen LogP contribution >= 0.6 is 22.6 Å². The fraction of sp³-hybridized carbons (Fsp3) is 0.214. The fourth-order valence-corrected chi connectivity index (χ4v) is 2.12. The number of aromatic nitrogens is 2. The normalized spacial score (nSPS) is 10.1. The molecule has 1 aromatic heterocycles. The summed E-state index contributed by atoms with van der Waals surface area (Å²) in [4.78, 5) is 20.4. The standard InChI is InChI=1S/C14H15IN4O/c1-2-6-17-13-9-16-8-12(19-13)14(20)18-11-5-3-4-10(15)7-11/h3-5,7-9H,2,6H2,1H3,(H,17,19)(H,18,20). The predicted octanol–water partition coefficient (Wildman–Crippen LogP) is 3.16. The summed E-state index contributed by atoms with van der Waals surface area (Å²) in [5.74, 6) is 0.349. The zero-order chi connectivity index (χ0) is 14.4. The third-order valence-corrected chi connectivity index (χ3v) is 3.18. The summed E-state index contributed by atoms with van der Waals surface area (Å²) < 4.78 is 1.06. The van der Waals surface area contributed by atoms with E-state index in [9.17, 15) is 4.79 Å². The molecule has 0 saturated heterocycles. The number of benzene rings is 1. The average Bonchev–Trinajstić information content (AvgIpc) is 2.45. The minimum Gasteiger partial charge on any atom is -0.369 e. The van der Waals surface area contributed by atoms with Crippen molar-refractivity contribution in [2.24, 2.45) is 0 Å². The first-order chi connectivity index (χ1) is 9.69. The maximum absolute atomic E-state index is 12.1. The van der Waals surface area contributed by atoms with Gasteiger partial charge < -0.3 is 10.6 Å². The summed E-state index contributed by atoms with van der Waals surface area (Å²) in [6, 6.07) is 7.59.